The van der Waals surface area contributed by atoms with Gasteiger partial charge in [0.15, 0.2) is 20.2 Å². The second-order valence-corrected chi connectivity index (χ2v) is 30.9. The fraction of sp³-hybridized carbons (Fsp3) is 0.863. The van der Waals surface area contributed by atoms with Crippen LogP contribution in [-0.2, 0) is 47.1 Å². The maximum Gasteiger partial charge on any atom is 0.410 e. The summed E-state index contributed by atoms with van der Waals surface area (Å²) in [5, 5.41) is 59.6. The number of aliphatic hydroxyl groups is 4. The van der Waals surface area contributed by atoms with Crippen LogP contribution in [0.5, 0.6) is 0 Å². The third kappa shape index (κ3) is 18.3. The highest BCUT2D eigenvalue weighted by molar-refractivity contribution is 6.74. The van der Waals surface area contributed by atoms with E-state index < -0.39 is 153 Å². The molecule has 4 aliphatic rings. The lowest BCUT2D eigenvalue weighted by atomic mass is 9.82. The minimum Gasteiger partial charge on any atom is -0.466 e. The molecule has 0 bridgehead atoms. The molecule has 0 aromatic heterocycles. The molecule has 24 nitrogen and oxygen atoms in total. The predicted molar refractivity (Wildman–Crippen MR) is 279 cm³/mol. The molecule has 1 saturated carbocycles. The van der Waals surface area contributed by atoms with Gasteiger partial charge in [-0.25, -0.2) is 19.2 Å². The Morgan fingerprint density at radius 2 is 1.24 bits per heavy atom. The van der Waals surface area contributed by atoms with Crippen LogP contribution in [0, 0.1) is 0 Å². The molecule has 0 radical (unpaired) electrons. The van der Waals surface area contributed by atoms with Crippen LogP contribution >= 0.6 is 0 Å². The lowest BCUT2D eigenvalue weighted by Gasteiger charge is -2.51. The predicted octanol–water partition coefficient (Wildman–Crippen LogP) is 3.72. The Morgan fingerprint density at radius 1 is 0.737 bits per heavy atom. The number of alkyl carbamates (subject to hydrolysis) is 2. The molecule has 25 heteroatoms. The highest BCUT2D eigenvalue weighted by atomic mass is 28.4. The van der Waals surface area contributed by atoms with Crippen LogP contribution in [0.15, 0.2) is 11.8 Å². The number of nitrogens with one attached hydrogen (secondary N) is 4. The van der Waals surface area contributed by atoms with Crippen molar-refractivity contribution in [1.29, 1.82) is 0 Å². The van der Waals surface area contributed by atoms with Crippen molar-refractivity contribution in [1.82, 2.24) is 31.1 Å². The molecular formula is C51H92N6O18Si. The molecule has 4 rings (SSSR count). The van der Waals surface area contributed by atoms with Crippen LogP contribution in [0.2, 0.25) is 18.1 Å². The molecule has 76 heavy (non-hydrogen) atoms. The number of carbonyl (C=O) groups is 5. The Hall–Kier alpha value is -4.05. The summed E-state index contributed by atoms with van der Waals surface area (Å²) in [7, 11) is -0.718. The maximum absolute atomic E-state index is 14.2. The van der Waals surface area contributed by atoms with Crippen molar-refractivity contribution in [3.05, 3.63) is 11.8 Å². The van der Waals surface area contributed by atoms with Gasteiger partial charge in [-0.1, -0.05) is 20.8 Å². The molecule has 0 spiro atoms. The number of carbonyl (C=O) groups excluding carboxylic acids is 5. The number of hydrogen-bond donors (Lipinski definition) is 8. The third-order valence-corrected chi connectivity index (χ3v) is 17.7. The summed E-state index contributed by atoms with van der Waals surface area (Å²) in [4.78, 5) is 69.7. The lowest BCUT2D eigenvalue weighted by molar-refractivity contribution is -0.311. The van der Waals surface area contributed by atoms with Crippen molar-refractivity contribution in [2.24, 2.45) is 0 Å². The zero-order chi connectivity index (χ0) is 57.9. The van der Waals surface area contributed by atoms with Crippen LogP contribution in [0.3, 0.4) is 0 Å². The molecule has 3 fully saturated rings. The van der Waals surface area contributed by atoms with Crippen LogP contribution in [0.25, 0.3) is 0 Å². The molecule has 0 aromatic rings. The van der Waals surface area contributed by atoms with Crippen molar-refractivity contribution < 1.29 is 86.7 Å². The Balaban J connectivity index is 1.76. The number of likely N-dealkylation sites (N-methyl/N-ethyl adjacent to an activating group) is 1. The SMILES string of the molecule is CN(C(=O)OC(C)(C)C)[C@@H]1[C@@H](O)[C@@H](O[C@@H]2[C@@H](O)[C@H](O[C@H]3OC(CNCCO[Si](C)(C)C(C)(C)C)=CC[C@H]3NC(=O)OC(C)(C)C)[C@@H](NC(=O)OC(C)(C)C)C[C@H]2NC(=O)C2(O)CN(C(=O)OC(C)(C)C)C2)OC[C@]1(C)O. The molecular weight excluding hydrogens is 1010 g/mol. The highest BCUT2D eigenvalue weighted by Crippen LogP contribution is 2.38. The molecule has 0 aromatic carbocycles. The van der Waals surface area contributed by atoms with Gasteiger partial charge in [-0.3, -0.25) is 4.79 Å². The minimum absolute atomic E-state index is 0.00597. The van der Waals surface area contributed by atoms with E-state index in [4.69, 9.17) is 42.3 Å². The first-order valence-corrected chi connectivity index (χ1v) is 29.0. The number of hydrogen-bond acceptors (Lipinski definition) is 19. The summed E-state index contributed by atoms with van der Waals surface area (Å²) in [6, 6.07) is -5.01. The first-order chi connectivity index (χ1) is 34.4. The molecule has 3 heterocycles. The van der Waals surface area contributed by atoms with Gasteiger partial charge in [-0.05, 0) is 127 Å². The van der Waals surface area contributed by atoms with Crippen molar-refractivity contribution in [3.8, 4) is 0 Å². The smallest absolute Gasteiger partial charge is 0.410 e. The minimum atomic E-state index is -2.15. The van der Waals surface area contributed by atoms with E-state index in [0.717, 1.165) is 9.80 Å². The van der Waals surface area contributed by atoms with E-state index in [9.17, 15) is 44.4 Å². The summed E-state index contributed by atoms with van der Waals surface area (Å²) in [6.07, 6.45) is -11.8. The molecule has 1 aliphatic carbocycles. The van der Waals surface area contributed by atoms with E-state index in [1.165, 1.54) is 14.0 Å². The number of likely N-dealkylation sites (tertiary alicyclic amines) is 1. The highest BCUT2D eigenvalue weighted by Gasteiger charge is 2.57. The van der Waals surface area contributed by atoms with Gasteiger partial charge < -0.3 is 93.8 Å². The van der Waals surface area contributed by atoms with E-state index in [0.29, 0.717) is 18.9 Å². The first kappa shape index (κ1) is 64.5. The number of aliphatic hydroxyl groups excluding tert-OH is 2. The molecule has 3 aliphatic heterocycles. The van der Waals surface area contributed by atoms with Crippen molar-refractivity contribution >= 4 is 38.6 Å². The van der Waals surface area contributed by atoms with Gasteiger partial charge in [-0.15, -0.1) is 0 Å². The number of amides is 5. The van der Waals surface area contributed by atoms with Crippen LogP contribution in [0.4, 0.5) is 19.2 Å². The second-order valence-electron chi connectivity index (χ2n) is 26.1. The summed E-state index contributed by atoms with van der Waals surface area (Å²) in [5.74, 6) is -0.571. The fourth-order valence-corrected chi connectivity index (χ4v) is 9.58. The number of rotatable bonds is 15. The number of β-amino-alcohol motifs (C(OH)–C–C–N with tert-alkyl or cyclic N) is 1. The summed E-state index contributed by atoms with van der Waals surface area (Å²) in [5.41, 5.74) is -7.75. The van der Waals surface area contributed by atoms with Gasteiger partial charge in [0, 0.05) is 20.2 Å². The topological polar surface area (TPSA) is 304 Å². The van der Waals surface area contributed by atoms with E-state index in [-0.39, 0.29) is 24.4 Å². The summed E-state index contributed by atoms with van der Waals surface area (Å²) >= 11 is 0. The standard InChI is InChI=1S/C51H92N6O18Si/c1-45(2,3)72-41(61)54-30-21-20-29(25-52-22-23-68-76(18,19)49(13,14)15)69-38(30)70-36-32(55-42(62)73-46(4,5)6)24-31(53-40(60)51(66)26-57(27-51)44(64)75-48(10,11)12)35(33(36)58)71-39-34(59)37(50(16,65)28-67-39)56(17)43(63)74-47(7,8)9/h20,30-39,52,58-59,65-66H,21-28H2,1-19H3,(H,53,60)(H,54,61)(H,55,62)/t30-,31-,32+,33-,34-,35+,36-,37-,38-,39-,50+/m1/s1. The zero-order valence-electron chi connectivity index (χ0n) is 48.4. The summed E-state index contributed by atoms with van der Waals surface area (Å²) in [6.45, 7) is 31.8. The van der Waals surface area contributed by atoms with Gasteiger partial charge in [0.2, 0.25) is 6.29 Å². The fourth-order valence-electron chi connectivity index (χ4n) is 8.54. The molecule has 11 atom stereocenters. The van der Waals surface area contributed by atoms with Crippen molar-refractivity contribution in [2.45, 2.75) is 237 Å². The quantitative estimate of drug-likeness (QED) is 0.0658. The zero-order valence-corrected chi connectivity index (χ0v) is 49.4. The van der Waals surface area contributed by atoms with Gasteiger partial charge >= 0.3 is 24.4 Å². The Bertz CT molecular complexity index is 2050. The molecule has 438 valence electrons. The van der Waals surface area contributed by atoms with Gasteiger partial charge in [0.25, 0.3) is 5.91 Å². The second kappa shape index (κ2) is 24.1. The Morgan fingerprint density at radius 3 is 1.75 bits per heavy atom. The Kier molecular flexibility index (Phi) is 20.5. The normalized spacial score (nSPS) is 29.4. The van der Waals surface area contributed by atoms with Crippen LogP contribution in [0.1, 0.15) is 124 Å². The maximum atomic E-state index is 14.2. The van der Waals surface area contributed by atoms with Gasteiger partial charge in [0.05, 0.1) is 50.4 Å². The van der Waals surface area contributed by atoms with Crippen molar-refractivity contribution in [2.75, 3.05) is 46.4 Å². The van der Waals surface area contributed by atoms with E-state index in [1.54, 1.807) is 89.2 Å². The largest absolute Gasteiger partial charge is 0.466 e. The Labute approximate surface area is 450 Å². The van der Waals surface area contributed by atoms with Crippen LogP contribution in [-0.4, -0.2) is 210 Å². The molecule has 5 amide bonds. The van der Waals surface area contributed by atoms with E-state index in [2.05, 4.69) is 55.1 Å². The number of nitrogens with zero attached hydrogens (tertiary/aromatic N) is 2. The lowest BCUT2D eigenvalue weighted by Crippen LogP contribution is -2.74. The monoisotopic (exact) mass is 1100 g/mol. The van der Waals surface area contributed by atoms with E-state index >= 15 is 0 Å². The first-order valence-electron chi connectivity index (χ1n) is 26.1. The van der Waals surface area contributed by atoms with E-state index in [1.807, 2.05) is 0 Å². The van der Waals surface area contributed by atoms with Gasteiger partial charge in [0.1, 0.15) is 58.2 Å². The molecule has 8 N–H and O–H groups in total. The molecule has 0 unspecified atom stereocenters. The average Bonchev–Trinajstić information content (AvgIpc) is 3.20. The third-order valence-electron chi connectivity index (χ3n) is 13.2. The van der Waals surface area contributed by atoms with Gasteiger partial charge in [-0.2, -0.15) is 0 Å². The average molecular weight is 1110 g/mol. The molecule has 2 saturated heterocycles. The number of ether oxygens (including phenoxy) is 8. The van der Waals surface area contributed by atoms with Crippen LogP contribution < -0.4 is 21.3 Å². The van der Waals surface area contributed by atoms with Crippen molar-refractivity contribution in [3.63, 3.8) is 0 Å². The summed E-state index contributed by atoms with van der Waals surface area (Å²) < 4.78 is 54.1.